The number of aromatic nitrogens is 1. The average Bonchev–Trinajstić information content (AvgIpc) is 2.89. The highest BCUT2D eigenvalue weighted by molar-refractivity contribution is 5.84. The van der Waals surface area contributed by atoms with Crippen molar-refractivity contribution in [2.75, 3.05) is 6.54 Å². The summed E-state index contributed by atoms with van der Waals surface area (Å²) in [5.74, 6) is 0. The number of hydrogen-bond donors (Lipinski definition) is 1. The molecule has 110 valence electrons. The molecule has 2 aromatic rings. The largest absolute Gasteiger partial charge is 0.361 e. The van der Waals surface area contributed by atoms with Crippen LogP contribution in [0.15, 0.2) is 24.4 Å². The summed E-state index contributed by atoms with van der Waals surface area (Å²) in [6, 6.07) is 9.49. The summed E-state index contributed by atoms with van der Waals surface area (Å²) >= 11 is 0. The van der Waals surface area contributed by atoms with Gasteiger partial charge in [-0.15, -0.1) is 0 Å². The van der Waals surface area contributed by atoms with Gasteiger partial charge < -0.3 is 4.98 Å². The van der Waals surface area contributed by atoms with Gasteiger partial charge in [-0.05, 0) is 56.9 Å². The van der Waals surface area contributed by atoms with Gasteiger partial charge in [0.15, 0.2) is 0 Å². The number of piperidine rings is 1. The molecule has 2 atom stereocenters. The number of benzene rings is 1. The predicted molar refractivity (Wildman–Crippen MR) is 86.2 cm³/mol. The topological polar surface area (TPSA) is 42.8 Å². The molecule has 0 spiro atoms. The molecule has 0 amide bonds. The molecule has 1 N–H and O–H groups in total. The molecule has 0 saturated carbocycles. The van der Waals surface area contributed by atoms with Gasteiger partial charge in [0.25, 0.3) is 0 Å². The molecule has 0 aliphatic carbocycles. The molecule has 3 rings (SSSR count). The van der Waals surface area contributed by atoms with Crippen molar-refractivity contribution >= 4 is 10.9 Å². The van der Waals surface area contributed by atoms with Crippen molar-refractivity contribution in [2.24, 2.45) is 0 Å². The van der Waals surface area contributed by atoms with E-state index in [1.54, 1.807) is 0 Å². The van der Waals surface area contributed by atoms with Crippen molar-refractivity contribution in [3.63, 3.8) is 0 Å². The fraction of sp³-hybridized carbons (Fsp3) is 0.500. The van der Waals surface area contributed by atoms with E-state index in [2.05, 4.69) is 36.0 Å². The van der Waals surface area contributed by atoms with Gasteiger partial charge in [-0.1, -0.05) is 6.42 Å². The molecule has 1 aromatic carbocycles. The Morgan fingerprint density at radius 2 is 2.05 bits per heavy atom. The number of H-pyrrole nitrogens is 1. The van der Waals surface area contributed by atoms with Crippen LogP contribution in [0.25, 0.3) is 10.9 Å². The van der Waals surface area contributed by atoms with Crippen molar-refractivity contribution in [1.29, 1.82) is 5.26 Å². The minimum absolute atomic E-state index is 0.689. The second-order valence-corrected chi connectivity index (χ2v) is 6.30. The van der Waals surface area contributed by atoms with E-state index >= 15 is 0 Å². The lowest BCUT2D eigenvalue weighted by molar-refractivity contribution is 0.105. The average molecular weight is 281 g/mol. The zero-order valence-electron chi connectivity index (χ0n) is 12.9. The van der Waals surface area contributed by atoms with E-state index in [1.807, 2.05) is 18.2 Å². The minimum Gasteiger partial charge on any atom is -0.361 e. The normalized spacial score (nSPS) is 23.3. The Bertz CT molecular complexity index is 655. The monoisotopic (exact) mass is 281 g/mol. The van der Waals surface area contributed by atoms with Crippen LogP contribution in [0.1, 0.15) is 44.2 Å². The van der Waals surface area contributed by atoms with Crippen LogP contribution in [0, 0.1) is 11.3 Å². The summed E-state index contributed by atoms with van der Waals surface area (Å²) in [5.41, 5.74) is 3.19. The molecule has 3 heteroatoms. The zero-order valence-corrected chi connectivity index (χ0v) is 12.9. The van der Waals surface area contributed by atoms with Crippen molar-refractivity contribution in [3.05, 3.63) is 35.5 Å². The SMILES string of the molecule is CC1CCCC(C)N1CCc1c[nH]c2ccc(C#N)cc12. The predicted octanol–water partition coefficient (Wildman–Crippen LogP) is 3.84. The Morgan fingerprint density at radius 3 is 2.76 bits per heavy atom. The first-order valence-electron chi connectivity index (χ1n) is 7.95. The van der Waals surface area contributed by atoms with Gasteiger partial charge in [-0.3, -0.25) is 4.90 Å². The third-order valence-corrected chi connectivity index (χ3v) is 4.91. The summed E-state index contributed by atoms with van der Waals surface area (Å²) < 4.78 is 0. The molecule has 2 heterocycles. The Morgan fingerprint density at radius 1 is 1.29 bits per heavy atom. The van der Waals surface area contributed by atoms with Gasteiger partial charge in [0.05, 0.1) is 11.6 Å². The molecule has 0 radical (unpaired) electrons. The number of rotatable bonds is 3. The zero-order chi connectivity index (χ0) is 14.8. The Balaban J connectivity index is 1.77. The molecule has 1 fully saturated rings. The van der Waals surface area contributed by atoms with E-state index in [0.717, 1.165) is 24.0 Å². The lowest BCUT2D eigenvalue weighted by Crippen LogP contribution is -2.44. The van der Waals surface area contributed by atoms with Crippen LogP contribution in [0.4, 0.5) is 0 Å². The Kier molecular flexibility index (Phi) is 3.98. The fourth-order valence-electron chi connectivity index (χ4n) is 3.62. The third-order valence-electron chi connectivity index (χ3n) is 4.91. The van der Waals surface area contributed by atoms with Crippen LogP contribution in [0.3, 0.4) is 0 Å². The van der Waals surface area contributed by atoms with Crippen LogP contribution in [0.5, 0.6) is 0 Å². The Hall–Kier alpha value is -1.79. The number of nitrogens with zero attached hydrogens (tertiary/aromatic N) is 2. The maximum Gasteiger partial charge on any atom is 0.0991 e. The van der Waals surface area contributed by atoms with Crippen LogP contribution >= 0.6 is 0 Å². The van der Waals surface area contributed by atoms with Crippen molar-refractivity contribution < 1.29 is 0 Å². The van der Waals surface area contributed by atoms with E-state index in [4.69, 9.17) is 5.26 Å². The van der Waals surface area contributed by atoms with Gasteiger partial charge in [-0.25, -0.2) is 0 Å². The molecule has 1 aromatic heterocycles. The number of nitrogens with one attached hydrogen (secondary N) is 1. The highest BCUT2D eigenvalue weighted by atomic mass is 15.2. The smallest absolute Gasteiger partial charge is 0.0991 e. The van der Waals surface area contributed by atoms with E-state index in [0.29, 0.717) is 12.1 Å². The molecular weight excluding hydrogens is 258 g/mol. The summed E-state index contributed by atoms with van der Waals surface area (Å²) in [4.78, 5) is 5.96. The van der Waals surface area contributed by atoms with E-state index in [9.17, 15) is 0 Å². The molecule has 21 heavy (non-hydrogen) atoms. The molecule has 1 saturated heterocycles. The molecule has 1 aliphatic rings. The van der Waals surface area contributed by atoms with Gasteiger partial charge in [0, 0.05) is 35.7 Å². The van der Waals surface area contributed by atoms with Crippen molar-refractivity contribution in [3.8, 4) is 6.07 Å². The quantitative estimate of drug-likeness (QED) is 0.928. The second-order valence-electron chi connectivity index (χ2n) is 6.30. The van der Waals surface area contributed by atoms with Gasteiger partial charge in [-0.2, -0.15) is 5.26 Å². The lowest BCUT2D eigenvalue weighted by atomic mass is 9.96. The number of fused-ring (bicyclic) bond motifs is 1. The standard InChI is InChI=1S/C18H23N3/c1-13-4-3-5-14(2)21(13)9-8-16-12-20-18-7-6-15(11-19)10-17(16)18/h6-7,10,12-14,20H,3-5,8-9H2,1-2H3. The van der Waals surface area contributed by atoms with Crippen LogP contribution in [-0.4, -0.2) is 28.5 Å². The number of hydrogen-bond acceptors (Lipinski definition) is 2. The summed E-state index contributed by atoms with van der Waals surface area (Å²) in [6.07, 6.45) is 7.14. The van der Waals surface area contributed by atoms with E-state index < -0.39 is 0 Å². The Labute approximate surface area is 126 Å². The first-order chi connectivity index (χ1) is 10.2. The van der Waals surface area contributed by atoms with Crippen molar-refractivity contribution in [1.82, 2.24) is 9.88 Å². The first kappa shape index (κ1) is 14.2. The summed E-state index contributed by atoms with van der Waals surface area (Å²) in [7, 11) is 0. The van der Waals surface area contributed by atoms with Crippen LogP contribution in [-0.2, 0) is 6.42 Å². The summed E-state index contributed by atoms with van der Waals surface area (Å²) in [5, 5.41) is 10.3. The number of likely N-dealkylation sites (tertiary alicyclic amines) is 1. The maximum absolute atomic E-state index is 9.06. The number of aromatic amines is 1. The molecule has 0 bridgehead atoms. The van der Waals surface area contributed by atoms with Gasteiger partial charge >= 0.3 is 0 Å². The molecular formula is C18H23N3. The highest BCUT2D eigenvalue weighted by Crippen LogP contribution is 2.25. The second kappa shape index (κ2) is 5.91. The molecule has 1 aliphatic heterocycles. The van der Waals surface area contributed by atoms with Crippen molar-refractivity contribution in [2.45, 2.75) is 51.6 Å². The van der Waals surface area contributed by atoms with E-state index in [1.165, 1.54) is 30.2 Å². The van der Waals surface area contributed by atoms with Crippen LogP contribution < -0.4 is 0 Å². The van der Waals surface area contributed by atoms with E-state index in [-0.39, 0.29) is 0 Å². The third kappa shape index (κ3) is 2.82. The highest BCUT2D eigenvalue weighted by Gasteiger charge is 2.24. The fourth-order valence-corrected chi connectivity index (χ4v) is 3.62. The molecule has 3 nitrogen and oxygen atoms in total. The summed E-state index contributed by atoms with van der Waals surface area (Å²) in [6.45, 7) is 5.80. The minimum atomic E-state index is 0.689. The van der Waals surface area contributed by atoms with Gasteiger partial charge in [0.2, 0.25) is 0 Å². The first-order valence-corrected chi connectivity index (χ1v) is 7.95. The van der Waals surface area contributed by atoms with Crippen LogP contribution in [0.2, 0.25) is 0 Å². The number of nitriles is 1. The maximum atomic E-state index is 9.06. The lowest BCUT2D eigenvalue weighted by Gasteiger charge is -2.39. The van der Waals surface area contributed by atoms with Gasteiger partial charge in [0.1, 0.15) is 0 Å². The molecule has 2 unspecified atom stereocenters.